The number of carbonyl (C=O) groups is 1. The van der Waals surface area contributed by atoms with Crippen LogP contribution in [0.4, 0.5) is 9.18 Å². The molecule has 214 valence electrons. The molecule has 2 amide bonds. The van der Waals surface area contributed by atoms with Gasteiger partial charge in [-0.05, 0) is 44.2 Å². The number of H-pyrrole nitrogens is 1. The Balaban J connectivity index is 1.13. The number of aromatic amines is 1. The van der Waals surface area contributed by atoms with Crippen LogP contribution in [0.1, 0.15) is 57.9 Å². The number of ether oxygens (including phenoxy) is 2. The zero-order valence-electron chi connectivity index (χ0n) is 23.0. The Morgan fingerprint density at radius 1 is 1.15 bits per heavy atom. The normalized spacial score (nSPS) is 17.4. The molecule has 5 rings (SSSR count). The Hall–Kier alpha value is -3.57. The van der Waals surface area contributed by atoms with E-state index >= 15 is 0 Å². The van der Waals surface area contributed by atoms with Crippen molar-refractivity contribution >= 4 is 28.1 Å². The third-order valence-corrected chi connectivity index (χ3v) is 7.37. The standard InChI is InChI=1S/C29H38FN7O3/c1-2-3-4-11-39-13-14-40-12-9-31-29(38)35-22-6-5-7-23(16-22)37-10-8-20-17-32-27(36-28(20)37)25-19-34-26-24(25)15-21(30)18-33-26/h8,10,15,17-19,22-23H,2-7,9,11-14,16H2,1H3,(H,33,34)(H2,31,35,38)/t22-,23+/m1/s1. The van der Waals surface area contributed by atoms with Crippen molar-refractivity contribution in [2.45, 2.75) is 64.0 Å². The molecule has 0 spiro atoms. The Morgan fingerprint density at radius 3 is 2.90 bits per heavy atom. The SMILES string of the molecule is CCCCCOCCOCCNC(=O)N[C@@H]1CCC[C@H](n2ccc3cnc(-c4c[nH]c5ncc(F)cc45)nc32)C1. The minimum absolute atomic E-state index is 0.0672. The summed E-state index contributed by atoms with van der Waals surface area (Å²) in [7, 11) is 0. The Labute approximate surface area is 233 Å². The maximum absolute atomic E-state index is 13.9. The highest BCUT2D eigenvalue weighted by atomic mass is 19.1. The number of carbonyl (C=O) groups excluding carboxylic acids is 1. The first-order valence-corrected chi connectivity index (χ1v) is 14.3. The van der Waals surface area contributed by atoms with Gasteiger partial charge in [-0.2, -0.15) is 0 Å². The molecule has 1 aliphatic rings. The zero-order valence-corrected chi connectivity index (χ0v) is 23.0. The summed E-state index contributed by atoms with van der Waals surface area (Å²) >= 11 is 0. The number of urea groups is 1. The van der Waals surface area contributed by atoms with Crippen LogP contribution in [-0.2, 0) is 9.47 Å². The second-order valence-corrected chi connectivity index (χ2v) is 10.3. The molecule has 10 nitrogen and oxygen atoms in total. The average molecular weight is 552 g/mol. The summed E-state index contributed by atoms with van der Waals surface area (Å²) in [5.74, 6) is 0.110. The van der Waals surface area contributed by atoms with Gasteiger partial charge in [0.2, 0.25) is 0 Å². The van der Waals surface area contributed by atoms with E-state index in [0.29, 0.717) is 48.8 Å². The van der Waals surface area contributed by atoms with Crippen molar-refractivity contribution in [3.8, 4) is 11.4 Å². The van der Waals surface area contributed by atoms with Gasteiger partial charge in [-0.1, -0.05) is 19.8 Å². The van der Waals surface area contributed by atoms with Crippen molar-refractivity contribution in [2.24, 2.45) is 0 Å². The number of halogens is 1. The number of pyridine rings is 1. The molecule has 1 saturated carbocycles. The van der Waals surface area contributed by atoms with Crippen molar-refractivity contribution in [3.63, 3.8) is 0 Å². The minimum Gasteiger partial charge on any atom is -0.379 e. The topological polar surface area (TPSA) is 119 Å². The predicted octanol–water partition coefficient (Wildman–Crippen LogP) is 5.12. The van der Waals surface area contributed by atoms with Gasteiger partial charge in [-0.25, -0.2) is 24.1 Å². The van der Waals surface area contributed by atoms with E-state index in [0.717, 1.165) is 49.7 Å². The van der Waals surface area contributed by atoms with Crippen LogP contribution in [-0.4, -0.2) is 69.5 Å². The van der Waals surface area contributed by atoms with Crippen LogP contribution in [0.5, 0.6) is 0 Å². The molecule has 0 radical (unpaired) electrons. The van der Waals surface area contributed by atoms with Crippen molar-refractivity contribution in [2.75, 3.05) is 33.0 Å². The van der Waals surface area contributed by atoms with E-state index in [-0.39, 0.29) is 18.1 Å². The van der Waals surface area contributed by atoms with Crippen molar-refractivity contribution in [1.29, 1.82) is 0 Å². The van der Waals surface area contributed by atoms with E-state index in [1.807, 2.05) is 12.3 Å². The van der Waals surface area contributed by atoms with E-state index in [9.17, 15) is 9.18 Å². The molecule has 4 heterocycles. The number of unbranched alkanes of at least 4 members (excludes halogenated alkanes) is 2. The van der Waals surface area contributed by atoms with Crippen LogP contribution in [0.15, 0.2) is 36.9 Å². The maximum Gasteiger partial charge on any atom is 0.315 e. The monoisotopic (exact) mass is 551 g/mol. The number of aromatic nitrogens is 5. The van der Waals surface area contributed by atoms with Crippen LogP contribution in [0.25, 0.3) is 33.5 Å². The average Bonchev–Trinajstić information content (AvgIpc) is 3.58. The van der Waals surface area contributed by atoms with Gasteiger partial charge in [0.25, 0.3) is 0 Å². The van der Waals surface area contributed by atoms with Gasteiger partial charge in [-0.15, -0.1) is 0 Å². The number of hydrogen-bond donors (Lipinski definition) is 3. The van der Waals surface area contributed by atoms with Gasteiger partial charge in [-0.3, -0.25) is 0 Å². The lowest BCUT2D eigenvalue weighted by atomic mass is 9.91. The first-order chi connectivity index (χ1) is 19.6. The predicted molar refractivity (Wildman–Crippen MR) is 152 cm³/mol. The van der Waals surface area contributed by atoms with Crippen LogP contribution >= 0.6 is 0 Å². The highest BCUT2D eigenvalue weighted by Crippen LogP contribution is 2.33. The molecule has 11 heteroatoms. The summed E-state index contributed by atoms with van der Waals surface area (Å²) in [6, 6.07) is 3.54. The second kappa shape index (κ2) is 13.7. The number of hydrogen-bond acceptors (Lipinski definition) is 6. The molecule has 3 N–H and O–H groups in total. The number of amides is 2. The number of nitrogens with zero attached hydrogens (tertiary/aromatic N) is 4. The molecule has 4 aromatic heterocycles. The van der Waals surface area contributed by atoms with Gasteiger partial charge >= 0.3 is 6.03 Å². The summed E-state index contributed by atoms with van der Waals surface area (Å²) in [6.07, 6.45) is 14.0. The highest BCUT2D eigenvalue weighted by molar-refractivity contribution is 5.92. The molecule has 1 aliphatic carbocycles. The van der Waals surface area contributed by atoms with Crippen LogP contribution in [0, 0.1) is 5.82 Å². The smallest absolute Gasteiger partial charge is 0.315 e. The Morgan fingerprint density at radius 2 is 2.02 bits per heavy atom. The van der Waals surface area contributed by atoms with E-state index in [4.69, 9.17) is 14.5 Å². The fraction of sp³-hybridized carbons (Fsp3) is 0.517. The lowest BCUT2D eigenvalue weighted by Crippen LogP contribution is -2.45. The maximum atomic E-state index is 13.9. The zero-order chi connectivity index (χ0) is 27.7. The quantitative estimate of drug-likeness (QED) is 0.199. The Bertz CT molecular complexity index is 1410. The van der Waals surface area contributed by atoms with Crippen LogP contribution < -0.4 is 10.6 Å². The summed E-state index contributed by atoms with van der Waals surface area (Å²) < 4.78 is 27.1. The third kappa shape index (κ3) is 6.95. The van der Waals surface area contributed by atoms with E-state index in [1.165, 1.54) is 25.1 Å². The lowest BCUT2D eigenvalue weighted by molar-refractivity contribution is 0.0479. The minimum atomic E-state index is -0.405. The molecule has 40 heavy (non-hydrogen) atoms. The van der Waals surface area contributed by atoms with Gasteiger partial charge < -0.3 is 29.7 Å². The van der Waals surface area contributed by atoms with Gasteiger partial charge in [0.1, 0.15) is 17.1 Å². The summed E-state index contributed by atoms with van der Waals surface area (Å²) in [6.45, 7) is 4.96. The van der Waals surface area contributed by atoms with Gasteiger partial charge in [0.05, 0.1) is 26.0 Å². The first-order valence-electron chi connectivity index (χ1n) is 14.3. The van der Waals surface area contributed by atoms with E-state index in [1.54, 1.807) is 12.4 Å². The molecule has 1 fully saturated rings. The molecule has 0 unspecified atom stereocenters. The highest BCUT2D eigenvalue weighted by Gasteiger charge is 2.26. The van der Waals surface area contributed by atoms with Crippen LogP contribution in [0.2, 0.25) is 0 Å². The van der Waals surface area contributed by atoms with Gasteiger partial charge in [0, 0.05) is 60.2 Å². The molecule has 0 saturated heterocycles. The summed E-state index contributed by atoms with van der Waals surface area (Å²) in [5.41, 5.74) is 2.12. The number of nitrogens with one attached hydrogen (secondary N) is 3. The number of fused-ring (bicyclic) bond motifs is 2. The van der Waals surface area contributed by atoms with Gasteiger partial charge in [0.15, 0.2) is 5.82 Å². The lowest BCUT2D eigenvalue weighted by Gasteiger charge is -2.31. The van der Waals surface area contributed by atoms with Crippen molar-refractivity contribution < 1.29 is 18.7 Å². The molecule has 2 atom stereocenters. The third-order valence-electron chi connectivity index (χ3n) is 7.37. The van der Waals surface area contributed by atoms with Crippen LogP contribution in [0.3, 0.4) is 0 Å². The molecule has 4 aromatic rings. The Kier molecular flexibility index (Phi) is 9.56. The largest absolute Gasteiger partial charge is 0.379 e. The molecule has 0 bridgehead atoms. The van der Waals surface area contributed by atoms with Crippen molar-refractivity contribution in [3.05, 3.63) is 42.7 Å². The number of rotatable bonds is 13. The fourth-order valence-corrected chi connectivity index (χ4v) is 5.32. The molecule has 0 aromatic carbocycles. The van der Waals surface area contributed by atoms with E-state index < -0.39 is 5.82 Å². The van der Waals surface area contributed by atoms with Crippen molar-refractivity contribution in [1.82, 2.24) is 35.1 Å². The molecular formula is C29H38FN7O3. The first kappa shape index (κ1) is 28.0. The summed E-state index contributed by atoms with van der Waals surface area (Å²) in [4.78, 5) is 29.1. The second-order valence-electron chi connectivity index (χ2n) is 10.3. The van der Waals surface area contributed by atoms with E-state index in [2.05, 4.69) is 37.1 Å². The molecular weight excluding hydrogens is 513 g/mol. The summed E-state index contributed by atoms with van der Waals surface area (Å²) in [5, 5.41) is 7.60. The fourth-order valence-electron chi connectivity index (χ4n) is 5.32. The molecule has 0 aliphatic heterocycles.